The maximum atomic E-state index is 5.07. The van der Waals surface area contributed by atoms with Gasteiger partial charge in [-0.15, -0.1) is 18.9 Å². The minimum atomic E-state index is -0.0111. The second-order valence-electron chi connectivity index (χ2n) is 2.03. The highest BCUT2D eigenvalue weighted by atomic mass is 16.6. The van der Waals surface area contributed by atoms with Gasteiger partial charge in [-0.1, -0.05) is 6.08 Å². The third kappa shape index (κ3) is 4.13. The molecule has 0 aromatic heterocycles. The van der Waals surface area contributed by atoms with Crippen LogP contribution in [0.3, 0.4) is 0 Å². The molecule has 0 heterocycles. The van der Waals surface area contributed by atoms with Crippen LogP contribution in [0.2, 0.25) is 0 Å². The van der Waals surface area contributed by atoms with E-state index in [2.05, 4.69) is 17.3 Å². The van der Waals surface area contributed by atoms with Crippen LogP contribution in [0.1, 0.15) is 19.3 Å². The third-order valence-corrected chi connectivity index (χ3v) is 1.23. The van der Waals surface area contributed by atoms with Crippen molar-refractivity contribution in [2.45, 2.75) is 25.4 Å². The molecule has 1 atom stereocenters. The van der Waals surface area contributed by atoms with E-state index < -0.39 is 0 Å². The van der Waals surface area contributed by atoms with E-state index in [0.717, 1.165) is 12.8 Å². The van der Waals surface area contributed by atoms with Crippen LogP contribution in [0.5, 0.6) is 0 Å². The molecule has 0 aromatic carbocycles. The number of nitrogens with two attached hydrogens (primary N) is 1. The highest BCUT2D eigenvalue weighted by Crippen LogP contribution is 2.03. The quantitative estimate of drug-likeness (QED) is 0.353. The Balaban J connectivity index is 3.41. The van der Waals surface area contributed by atoms with Gasteiger partial charge in [-0.05, 0) is 12.8 Å². The van der Waals surface area contributed by atoms with Crippen LogP contribution >= 0.6 is 0 Å². The molecule has 2 nitrogen and oxygen atoms in total. The van der Waals surface area contributed by atoms with Gasteiger partial charge in [0.25, 0.3) is 0 Å². The van der Waals surface area contributed by atoms with Crippen molar-refractivity contribution >= 4 is 0 Å². The molecule has 0 aliphatic rings. The smallest absolute Gasteiger partial charge is 0.0899 e. The van der Waals surface area contributed by atoms with Crippen LogP contribution < -0.4 is 5.90 Å². The molecule has 56 valence electrons. The normalized spacial score (nSPS) is 12.0. The summed E-state index contributed by atoms with van der Waals surface area (Å²) in [5, 5.41) is 0. The van der Waals surface area contributed by atoms with Gasteiger partial charge in [0.1, 0.15) is 0 Å². The number of hydrogen-bond donors (Lipinski definition) is 1. The van der Waals surface area contributed by atoms with Crippen molar-refractivity contribution in [2.24, 2.45) is 5.90 Å². The van der Waals surface area contributed by atoms with Gasteiger partial charge in [-0.25, -0.2) is 5.90 Å². The van der Waals surface area contributed by atoms with Crippen molar-refractivity contribution in [1.29, 1.82) is 0 Å². The van der Waals surface area contributed by atoms with Gasteiger partial charge < -0.3 is 4.84 Å². The molecule has 10 heavy (non-hydrogen) atoms. The fourth-order valence-electron chi connectivity index (χ4n) is 0.653. The standard InChI is InChI=1S/C8H13NO/c1-3-5-7-8(10-9)6-4-2/h2-3,8H,1,5-7,9H2/t8-/m1/s1. The number of hydrogen-bond acceptors (Lipinski definition) is 2. The van der Waals surface area contributed by atoms with Gasteiger partial charge in [0.15, 0.2) is 0 Å². The molecule has 0 radical (unpaired) electrons. The second kappa shape index (κ2) is 6.34. The first kappa shape index (κ1) is 9.22. The molecule has 2 N–H and O–H groups in total. The highest BCUT2D eigenvalue weighted by molar-refractivity contribution is 4.87. The van der Waals surface area contributed by atoms with E-state index in [4.69, 9.17) is 12.3 Å². The van der Waals surface area contributed by atoms with Gasteiger partial charge in [-0.2, -0.15) is 0 Å². The van der Waals surface area contributed by atoms with Crippen LogP contribution in [0.4, 0.5) is 0 Å². The predicted molar refractivity (Wildman–Crippen MR) is 41.9 cm³/mol. The molecule has 0 amide bonds. The summed E-state index contributed by atoms with van der Waals surface area (Å²) in [5.74, 6) is 7.46. The maximum absolute atomic E-state index is 5.07. The van der Waals surface area contributed by atoms with E-state index >= 15 is 0 Å². The zero-order valence-corrected chi connectivity index (χ0v) is 6.05. The van der Waals surface area contributed by atoms with Gasteiger partial charge in [0.05, 0.1) is 6.10 Å². The molecule has 0 rings (SSSR count). The van der Waals surface area contributed by atoms with Gasteiger partial charge in [-0.3, -0.25) is 0 Å². The van der Waals surface area contributed by atoms with Crippen LogP contribution in [0, 0.1) is 12.3 Å². The first-order valence-corrected chi connectivity index (χ1v) is 3.25. The minimum absolute atomic E-state index is 0.0111. The lowest BCUT2D eigenvalue weighted by atomic mass is 10.1. The van der Waals surface area contributed by atoms with E-state index in [0.29, 0.717) is 6.42 Å². The van der Waals surface area contributed by atoms with E-state index in [1.165, 1.54) is 0 Å². The Morgan fingerprint density at radius 2 is 2.50 bits per heavy atom. The van der Waals surface area contributed by atoms with Crippen LogP contribution in [-0.4, -0.2) is 6.10 Å². The summed E-state index contributed by atoms with van der Waals surface area (Å²) in [6.45, 7) is 3.58. The average Bonchev–Trinajstić information content (AvgIpc) is 1.98. The van der Waals surface area contributed by atoms with Crippen molar-refractivity contribution in [3.63, 3.8) is 0 Å². The Labute approximate surface area is 62.0 Å². The monoisotopic (exact) mass is 139 g/mol. The summed E-state index contributed by atoms with van der Waals surface area (Å²) in [6.07, 6.45) is 9.19. The van der Waals surface area contributed by atoms with Crippen LogP contribution in [0.15, 0.2) is 12.7 Å². The van der Waals surface area contributed by atoms with Crippen molar-refractivity contribution < 1.29 is 4.84 Å². The second-order valence-corrected chi connectivity index (χ2v) is 2.03. The first-order chi connectivity index (χ1) is 4.85. The topological polar surface area (TPSA) is 35.2 Å². The van der Waals surface area contributed by atoms with Crippen molar-refractivity contribution in [1.82, 2.24) is 0 Å². The maximum Gasteiger partial charge on any atom is 0.0899 e. The predicted octanol–water partition coefficient (Wildman–Crippen LogP) is 1.23. The Morgan fingerprint density at radius 1 is 1.80 bits per heavy atom. The third-order valence-electron chi connectivity index (χ3n) is 1.23. The van der Waals surface area contributed by atoms with Gasteiger partial charge in [0, 0.05) is 6.42 Å². The average molecular weight is 139 g/mol. The molecular weight excluding hydrogens is 126 g/mol. The van der Waals surface area contributed by atoms with Crippen molar-refractivity contribution in [3.05, 3.63) is 12.7 Å². The SMILES string of the molecule is C#CC[C@H](CCC=C)ON. The number of rotatable bonds is 5. The first-order valence-electron chi connectivity index (χ1n) is 3.25. The van der Waals surface area contributed by atoms with E-state index in [-0.39, 0.29) is 6.10 Å². The van der Waals surface area contributed by atoms with Crippen LogP contribution in [-0.2, 0) is 4.84 Å². The molecule has 2 heteroatoms. The highest BCUT2D eigenvalue weighted by Gasteiger charge is 2.03. The van der Waals surface area contributed by atoms with Gasteiger partial charge >= 0.3 is 0 Å². The summed E-state index contributed by atoms with van der Waals surface area (Å²) in [5.41, 5.74) is 0. The fraction of sp³-hybridized carbons (Fsp3) is 0.500. The van der Waals surface area contributed by atoms with Gasteiger partial charge in [0.2, 0.25) is 0 Å². The van der Waals surface area contributed by atoms with E-state index in [1.807, 2.05) is 6.08 Å². The fourth-order valence-corrected chi connectivity index (χ4v) is 0.653. The summed E-state index contributed by atoms with van der Waals surface area (Å²) >= 11 is 0. The number of terminal acetylenes is 1. The molecule has 0 unspecified atom stereocenters. The van der Waals surface area contributed by atoms with Crippen LogP contribution in [0.25, 0.3) is 0 Å². The lowest BCUT2D eigenvalue weighted by Crippen LogP contribution is -2.16. The molecule has 0 saturated heterocycles. The van der Waals surface area contributed by atoms with Crippen molar-refractivity contribution in [3.8, 4) is 12.3 Å². The molecule has 0 aliphatic carbocycles. The molecule has 0 aliphatic heterocycles. The summed E-state index contributed by atoms with van der Waals surface area (Å²) in [6, 6.07) is 0. The molecule has 0 spiro atoms. The largest absolute Gasteiger partial charge is 0.300 e. The Hall–Kier alpha value is -0.780. The lowest BCUT2D eigenvalue weighted by Gasteiger charge is -2.08. The Bertz CT molecular complexity index is 126. The van der Waals surface area contributed by atoms with E-state index in [1.54, 1.807) is 0 Å². The summed E-state index contributed by atoms with van der Waals surface area (Å²) < 4.78 is 0. The molecular formula is C8H13NO. The molecule has 0 bridgehead atoms. The zero-order chi connectivity index (χ0) is 7.82. The van der Waals surface area contributed by atoms with Crippen molar-refractivity contribution in [2.75, 3.05) is 0 Å². The lowest BCUT2D eigenvalue weighted by molar-refractivity contribution is 0.0517. The number of allylic oxidation sites excluding steroid dienone is 1. The zero-order valence-electron chi connectivity index (χ0n) is 6.05. The summed E-state index contributed by atoms with van der Waals surface area (Å²) in [7, 11) is 0. The summed E-state index contributed by atoms with van der Waals surface area (Å²) in [4.78, 5) is 4.60. The molecule has 0 saturated carbocycles. The Morgan fingerprint density at radius 3 is 2.90 bits per heavy atom. The minimum Gasteiger partial charge on any atom is -0.300 e. The van der Waals surface area contributed by atoms with E-state index in [9.17, 15) is 0 Å². The molecule has 0 aromatic rings. The Kier molecular flexibility index (Phi) is 5.85. The molecule has 0 fully saturated rings.